The summed E-state index contributed by atoms with van der Waals surface area (Å²) in [5, 5.41) is 12.0. The number of amides is 1. The van der Waals surface area contributed by atoms with Gasteiger partial charge in [-0.1, -0.05) is 26.0 Å². The van der Waals surface area contributed by atoms with E-state index in [4.69, 9.17) is 0 Å². The Morgan fingerprint density at radius 3 is 2.80 bits per heavy atom. The predicted octanol–water partition coefficient (Wildman–Crippen LogP) is 2.65. The Kier molecular flexibility index (Phi) is 6.93. The zero-order valence-electron chi connectivity index (χ0n) is 14.9. The molecule has 0 aromatic heterocycles. The first-order valence-corrected chi connectivity index (χ1v) is 8.85. The van der Waals surface area contributed by atoms with Crippen LogP contribution in [0.2, 0.25) is 0 Å². The van der Waals surface area contributed by atoms with Crippen LogP contribution in [0.5, 0.6) is 0 Å². The van der Waals surface area contributed by atoms with Gasteiger partial charge in [-0.25, -0.2) is 9.18 Å². The van der Waals surface area contributed by atoms with Crippen molar-refractivity contribution >= 4 is 11.9 Å². The molecule has 1 heterocycles. The summed E-state index contributed by atoms with van der Waals surface area (Å²) < 4.78 is 13.3. The lowest BCUT2D eigenvalue weighted by Gasteiger charge is -2.32. The average Bonchev–Trinajstić information content (AvgIpc) is 2.54. The maximum absolute atomic E-state index is 13.3. The minimum Gasteiger partial charge on any atom is -0.480 e. The van der Waals surface area contributed by atoms with Crippen molar-refractivity contribution in [3.05, 3.63) is 35.6 Å². The van der Waals surface area contributed by atoms with E-state index in [1.165, 1.54) is 12.1 Å². The van der Waals surface area contributed by atoms with E-state index in [9.17, 15) is 19.1 Å². The molecule has 0 spiro atoms. The van der Waals surface area contributed by atoms with Crippen LogP contribution in [0.4, 0.5) is 4.39 Å². The standard InChI is InChI=1S/C19H27FN2O3/c1-13(2)9-17(19(24)25)21-18(23)15-6-4-8-22(12-15)11-14-5-3-7-16(20)10-14/h3,5,7,10,13,15,17H,4,6,8-9,11-12H2,1-2H3,(H,21,23)(H,24,25)/t15?,17-/m1/s1. The molecule has 1 saturated heterocycles. The Morgan fingerprint density at radius 2 is 2.16 bits per heavy atom. The number of carboxylic acids is 1. The fourth-order valence-electron chi connectivity index (χ4n) is 3.29. The van der Waals surface area contributed by atoms with Gasteiger partial charge in [0.15, 0.2) is 0 Å². The molecule has 1 aliphatic rings. The normalized spacial score (nSPS) is 19.6. The van der Waals surface area contributed by atoms with E-state index in [1.807, 2.05) is 19.9 Å². The molecule has 2 atom stereocenters. The number of hydrogen-bond donors (Lipinski definition) is 2. The van der Waals surface area contributed by atoms with E-state index >= 15 is 0 Å². The first kappa shape index (κ1) is 19.4. The fraction of sp³-hybridized carbons (Fsp3) is 0.579. The van der Waals surface area contributed by atoms with Gasteiger partial charge in [0.25, 0.3) is 0 Å². The summed E-state index contributed by atoms with van der Waals surface area (Å²) in [6, 6.07) is 5.63. The number of aliphatic carboxylic acids is 1. The lowest BCUT2D eigenvalue weighted by Crippen LogP contribution is -2.48. The lowest BCUT2D eigenvalue weighted by molar-refractivity contribution is -0.143. The van der Waals surface area contributed by atoms with Gasteiger partial charge < -0.3 is 10.4 Å². The van der Waals surface area contributed by atoms with E-state index in [1.54, 1.807) is 6.07 Å². The maximum atomic E-state index is 13.3. The highest BCUT2D eigenvalue weighted by Gasteiger charge is 2.29. The Morgan fingerprint density at radius 1 is 1.40 bits per heavy atom. The monoisotopic (exact) mass is 350 g/mol. The molecule has 1 aromatic carbocycles. The number of piperidine rings is 1. The van der Waals surface area contributed by atoms with Gasteiger partial charge in [-0.2, -0.15) is 0 Å². The van der Waals surface area contributed by atoms with Gasteiger partial charge in [0.05, 0.1) is 5.92 Å². The molecule has 138 valence electrons. The summed E-state index contributed by atoms with van der Waals surface area (Å²) in [5.41, 5.74) is 0.879. The van der Waals surface area contributed by atoms with Crippen molar-refractivity contribution in [3.63, 3.8) is 0 Å². The lowest BCUT2D eigenvalue weighted by atomic mass is 9.95. The zero-order valence-corrected chi connectivity index (χ0v) is 14.9. The minimum absolute atomic E-state index is 0.192. The molecule has 0 radical (unpaired) electrons. The average molecular weight is 350 g/mol. The second kappa shape index (κ2) is 8.94. The molecule has 1 unspecified atom stereocenters. The molecule has 0 bridgehead atoms. The highest BCUT2D eigenvalue weighted by Crippen LogP contribution is 2.20. The second-order valence-corrected chi connectivity index (χ2v) is 7.23. The summed E-state index contributed by atoms with van der Waals surface area (Å²) in [6.45, 7) is 5.88. The number of nitrogens with zero attached hydrogens (tertiary/aromatic N) is 1. The molecular formula is C19H27FN2O3. The van der Waals surface area contributed by atoms with Gasteiger partial charge in [-0.05, 0) is 49.4 Å². The van der Waals surface area contributed by atoms with Crippen LogP contribution in [0.15, 0.2) is 24.3 Å². The molecule has 2 rings (SSSR count). The van der Waals surface area contributed by atoms with Crippen molar-refractivity contribution in [1.29, 1.82) is 0 Å². The van der Waals surface area contributed by atoms with Crippen LogP contribution >= 0.6 is 0 Å². The quantitative estimate of drug-likeness (QED) is 0.793. The number of likely N-dealkylation sites (tertiary alicyclic amines) is 1. The minimum atomic E-state index is -0.991. The first-order chi connectivity index (χ1) is 11.8. The van der Waals surface area contributed by atoms with Crippen LogP contribution in [0.3, 0.4) is 0 Å². The van der Waals surface area contributed by atoms with E-state index < -0.39 is 12.0 Å². The summed E-state index contributed by atoms with van der Waals surface area (Å²) in [6.07, 6.45) is 2.04. The van der Waals surface area contributed by atoms with Crippen molar-refractivity contribution in [2.24, 2.45) is 11.8 Å². The van der Waals surface area contributed by atoms with Gasteiger partial charge in [-0.3, -0.25) is 9.69 Å². The summed E-state index contributed by atoms with van der Waals surface area (Å²) in [5.74, 6) is -1.48. The first-order valence-electron chi connectivity index (χ1n) is 8.85. The van der Waals surface area contributed by atoms with Gasteiger partial charge in [0.2, 0.25) is 5.91 Å². The largest absolute Gasteiger partial charge is 0.480 e. The molecular weight excluding hydrogens is 323 g/mol. The van der Waals surface area contributed by atoms with Gasteiger partial charge in [-0.15, -0.1) is 0 Å². The number of halogens is 1. The van der Waals surface area contributed by atoms with Crippen LogP contribution in [0.25, 0.3) is 0 Å². The van der Waals surface area contributed by atoms with Crippen molar-refractivity contribution < 1.29 is 19.1 Å². The number of rotatable bonds is 7. The SMILES string of the molecule is CC(C)C[C@@H](NC(=O)C1CCCN(Cc2cccc(F)c2)C1)C(=O)O. The highest BCUT2D eigenvalue weighted by atomic mass is 19.1. The molecule has 1 aliphatic heterocycles. The summed E-state index contributed by atoms with van der Waals surface area (Å²) in [4.78, 5) is 25.9. The third kappa shape index (κ3) is 6.12. The van der Waals surface area contributed by atoms with Crippen LogP contribution < -0.4 is 5.32 Å². The van der Waals surface area contributed by atoms with E-state index in [0.29, 0.717) is 19.5 Å². The number of carbonyl (C=O) groups excluding carboxylic acids is 1. The molecule has 0 saturated carbocycles. The molecule has 0 aliphatic carbocycles. The molecule has 1 amide bonds. The molecule has 1 fully saturated rings. The highest BCUT2D eigenvalue weighted by molar-refractivity contribution is 5.85. The van der Waals surface area contributed by atoms with Crippen LogP contribution in [0.1, 0.15) is 38.7 Å². The van der Waals surface area contributed by atoms with Gasteiger partial charge >= 0.3 is 5.97 Å². The van der Waals surface area contributed by atoms with Crippen molar-refractivity contribution in [2.45, 2.75) is 45.7 Å². The molecule has 6 heteroatoms. The molecule has 2 N–H and O–H groups in total. The predicted molar refractivity (Wildman–Crippen MR) is 93.4 cm³/mol. The van der Waals surface area contributed by atoms with Gasteiger partial charge in [0, 0.05) is 13.1 Å². The van der Waals surface area contributed by atoms with E-state index in [2.05, 4.69) is 10.2 Å². The van der Waals surface area contributed by atoms with E-state index in [0.717, 1.165) is 24.9 Å². The van der Waals surface area contributed by atoms with Crippen molar-refractivity contribution in [2.75, 3.05) is 13.1 Å². The summed E-state index contributed by atoms with van der Waals surface area (Å²) in [7, 11) is 0. The Balaban J connectivity index is 1.92. The maximum Gasteiger partial charge on any atom is 0.326 e. The summed E-state index contributed by atoms with van der Waals surface area (Å²) >= 11 is 0. The fourth-order valence-corrected chi connectivity index (χ4v) is 3.29. The zero-order chi connectivity index (χ0) is 18.4. The van der Waals surface area contributed by atoms with E-state index in [-0.39, 0.29) is 23.6 Å². The number of hydrogen-bond acceptors (Lipinski definition) is 3. The number of carboxylic acid groups (broad SMARTS) is 1. The topological polar surface area (TPSA) is 69.6 Å². The third-order valence-electron chi connectivity index (χ3n) is 4.49. The smallest absolute Gasteiger partial charge is 0.326 e. The molecule has 25 heavy (non-hydrogen) atoms. The van der Waals surface area contributed by atoms with Crippen LogP contribution in [0, 0.1) is 17.7 Å². The Bertz CT molecular complexity index is 606. The van der Waals surface area contributed by atoms with Crippen molar-refractivity contribution in [3.8, 4) is 0 Å². The number of carbonyl (C=O) groups is 2. The van der Waals surface area contributed by atoms with Gasteiger partial charge in [0.1, 0.15) is 11.9 Å². The van der Waals surface area contributed by atoms with Crippen molar-refractivity contribution in [1.82, 2.24) is 10.2 Å². The second-order valence-electron chi connectivity index (χ2n) is 7.23. The van der Waals surface area contributed by atoms with Crippen LogP contribution in [-0.2, 0) is 16.1 Å². The molecule has 1 aromatic rings. The Hall–Kier alpha value is -1.95. The number of benzene rings is 1. The van der Waals surface area contributed by atoms with Crippen LogP contribution in [-0.4, -0.2) is 41.0 Å². The number of nitrogens with one attached hydrogen (secondary N) is 1. The Labute approximate surface area is 148 Å². The molecule has 5 nitrogen and oxygen atoms in total. The third-order valence-corrected chi connectivity index (χ3v) is 4.49.